The first-order valence-electron chi connectivity index (χ1n) is 5.98. The number of nitrogens with one attached hydrogen (secondary N) is 1. The van der Waals surface area contributed by atoms with Crippen molar-refractivity contribution >= 4 is 49.4 Å². The van der Waals surface area contributed by atoms with E-state index < -0.39 is 5.97 Å². The molecule has 4 nitrogen and oxygen atoms in total. The molecular formula is C15H11Br2NO3. The van der Waals surface area contributed by atoms with Gasteiger partial charge in [-0.25, -0.2) is 4.79 Å². The summed E-state index contributed by atoms with van der Waals surface area (Å²) in [7, 11) is 0. The average Bonchev–Trinajstić information content (AvgIpc) is 2.39. The molecule has 0 fully saturated rings. The van der Waals surface area contributed by atoms with Crippen LogP contribution in [0.25, 0.3) is 0 Å². The highest BCUT2D eigenvalue weighted by molar-refractivity contribution is 9.11. The van der Waals surface area contributed by atoms with Crippen molar-refractivity contribution in [1.82, 2.24) is 0 Å². The van der Waals surface area contributed by atoms with Gasteiger partial charge in [0.15, 0.2) is 0 Å². The van der Waals surface area contributed by atoms with Crippen molar-refractivity contribution in [2.24, 2.45) is 0 Å². The molecule has 0 aliphatic heterocycles. The number of benzene rings is 2. The van der Waals surface area contributed by atoms with Crippen LogP contribution < -0.4 is 5.32 Å². The maximum absolute atomic E-state index is 12.2. The standard InChI is InChI=1S/C15H11Br2NO3/c1-8-4-9(15(20)21)2-3-13(8)18-14(19)10-5-11(16)7-12(17)6-10/h2-7H,1H3,(H,18,19)(H,20,21). The minimum atomic E-state index is -0.994. The van der Waals surface area contributed by atoms with Gasteiger partial charge in [-0.2, -0.15) is 0 Å². The van der Waals surface area contributed by atoms with Crippen LogP contribution in [0.3, 0.4) is 0 Å². The molecule has 6 heteroatoms. The van der Waals surface area contributed by atoms with Crippen molar-refractivity contribution in [3.8, 4) is 0 Å². The number of anilines is 1. The second-order valence-electron chi connectivity index (χ2n) is 4.45. The number of carboxylic acids is 1. The molecule has 0 saturated heterocycles. The molecule has 1 amide bonds. The minimum absolute atomic E-state index is 0.190. The Labute approximate surface area is 138 Å². The zero-order valence-electron chi connectivity index (χ0n) is 11.0. The predicted molar refractivity (Wildman–Crippen MR) is 87.9 cm³/mol. The van der Waals surface area contributed by atoms with Crippen molar-refractivity contribution in [3.05, 3.63) is 62.0 Å². The average molecular weight is 413 g/mol. The number of carboxylic acid groups (broad SMARTS) is 1. The Balaban J connectivity index is 2.25. The summed E-state index contributed by atoms with van der Waals surface area (Å²) in [4.78, 5) is 23.1. The topological polar surface area (TPSA) is 66.4 Å². The normalized spacial score (nSPS) is 10.2. The first-order chi connectivity index (χ1) is 9.86. The number of amides is 1. The fraction of sp³-hybridized carbons (Fsp3) is 0.0667. The fourth-order valence-corrected chi connectivity index (χ4v) is 3.11. The lowest BCUT2D eigenvalue weighted by Gasteiger charge is -2.10. The Kier molecular flexibility index (Phi) is 4.80. The lowest BCUT2D eigenvalue weighted by molar-refractivity contribution is 0.0696. The molecule has 0 aromatic heterocycles. The van der Waals surface area contributed by atoms with Gasteiger partial charge in [0.25, 0.3) is 5.91 Å². The zero-order valence-corrected chi connectivity index (χ0v) is 14.2. The van der Waals surface area contributed by atoms with Crippen LogP contribution in [-0.4, -0.2) is 17.0 Å². The molecule has 108 valence electrons. The summed E-state index contributed by atoms with van der Waals surface area (Å²) >= 11 is 6.66. The third-order valence-corrected chi connectivity index (χ3v) is 3.76. The van der Waals surface area contributed by atoms with Gasteiger partial charge in [0, 0.05) is 20.2 Å². The number of hydrogen-bond acceptors (Lipinski definition) is 2. The summed E-state index contributed by atoms with van der Waals surface area (Å²) in [6.45, 7) is 1.75. The van der Waals surface area contributed by atoms with Crippen molar-refractivity contribution in [2.75, 3.05) is 5.32 Å². The van der Waals surface area contributed by atoms with Crippen molar-refractivity contribution in [3.63, 3.8) is 0 Å². The van der Waals surface area contributed by atoms with E-state index in [2.05, 4.69) is 37.2 Å². The van der Waals surface area contributed by atoms with Gasteiger partial charge in [-0.3, -0.25) is 4.79 Å². The fourth-order valence-electron chi connectivity index (χ4n) is 1.82. The first-order valence-corrected chi connectivity index (χ1v) is 7.57. The van der Waals surface area contributed by atoms with Crippen LogP contribution in [0.4, 0.5) is 5.69 Å². The molecule has 21 heavy (non-hydrogen) atoms. The molecule has 0 bridgehead atoms. The lowest BCUT2D eigenvalue weighted by Crippen LogP contribution is -2.13. The Hall–Kier alpha value is -1.66. The highest BCUT2D eigenvalue weighted by Crippen LogP contribution is 2.22. The molecular weight excluding hydrogens is 402 g/mol. The van der Waals surface area contributed by atoms with Crippen LogP contribution in [0, 0.1) is 6.92 Å². The van der Waals surface area contributed by atoms with E-state index in [0.29, 0.717) is 16.8 Å². The molecule has 2 aromatic carbocycles. The summed E-state index contributed by atoms with van der Waals surface area (Å²) in [5.41, 5.74) is 1.96. The number of aryl methyl sites for hydroxylation is 1. The first kappa shape index (κ1) is 15.7. The predicted octanol–water partition coefficient (Wildman–Crippen LogP) is 4.47. The quantitative estimate of drug-likeness (QED) is 0.781. The van der Waals surface area contributed by atoms with E-state index in [1.165, 1.54) is 12.1 Å². The molecule has 0 radical (unpaired) electrons. The van der Waals surface area contributed by atoms with Gasteiger partial charge in [0.05, 0.1) is 5.56 Å². The van der Waals surface area contributed by atoms with Crippen molar-refractivity contribution in [1.29, 1.82) is 0 Å². The van der Waals surface area contributed by atoms with Crippen LogP contribution in [0.15, 0.2) is 45.3 Å². The minimum Gasteiger partial charge on any atom is -0.478 e. The Morgan fingerprint density at radius 2 is 1.62 bits per heavy atom. The van der Waals surface area contributed by atoms with Crippen LogP contribution in [-0.2, 0) is 0 Å². The van der Waals surface area contributed by atoms with Gasteiger partial charge in [0.2, 0.25) is 0 Å². The number of halogens is 2. The SMILES string of the molecule is Cc1cc(C(=O)O)ccc1NC(=O)c1cc(Br)cc(Br)c1. The maximum atomic E-state index is 12.2. The maximum Gasteiger partial charge on any atom is 0.335 e. The van der Waals surface area contributed by atoms with Gasteiger partial charge >= 0.3 is 5.97 Å². The van der Waals surface area contributed by atoms with Gasteiger partial charge < -0.3 is 10.4 Å². The van der Waals surface area contributed by atoms with Crippen LogP contribution >= 0.6 is 31.9 Å². The van der Waals surface area contributed by atoms with Gasteiger partial charge in [-0.05, 0) is 48.9 Å². The van der Waals surface area contributed by atoms with Crippen LogP contribution in [0.1, 0.15) is 26.3 Å². The zero-order chi connectivity index (χ0) is 15.6. The second-order valence-corrected chi connectivity index (χ2v) is 6.28. The monoisotopic (exact) mass is 411 g/mol. The third-order valence-electron chi connectivity index (χ3n) is 2.85. The molecule has 0 aliphatic rings. The molecule has 0 heterocycles. The highest BCUT2D eigenvalue weighted by Gasteiger charge is 2.11. The highest BCUT2D eigenvalue weighted by atomic mass is 79.9. The third kappa shape index (κ3) is 3.92. The summed E-state index contributed by atoms with van der Waals surface area (Å²) in [6.07, 6.45) is 0. The summed E-state index contributed by atoms with van der Waals surface area (Å²) in [6, 6.07) is 9.83. The van der Waals surface area contributed by atoms with Crippen molar-refractivity contribution < 1.29 is 14.7 Å². The number of rotatable bonds is 3. The Bertz CT molecular complexity index is 709. The Morgan fingerprint density at radius 1 is 1.00 bits per heavy atom. The van der Waals surface area contributed by atoms with Gasteiger partial charge in [0.1, 0.15) is 0 Å². The molecule has 2 aromatic rings. The summed E-state index contributed by atoms with van der Waals surface area (Å²) < 4.78 is 1.58. The van der Waals surface area contributed by atoms with E-state index in [1.807, 2.05) is 6.07 Å². The largest absolute Gasteiger partial charge is 0.478 e. The number of carbonyl (C=O) groups excluding carboxylic acids is 1. The van der Waals surface area contributed by atoms with E-state index >= 15 is 0 Å². The summed E-state index contributed by atoms with van der Waals surface area (Å²) in [5, 5.41) is 11.7. The van der Waals surface area contributed by atoms with E-state index in [0.717, 1.165) is 8.95 Å². The molecule has 0 aliphatic carbocycles. The number of hydrogen-bond donors (Lipinski definition) is 2. The molecule has 0 atom stereocenters. The van der Waals surface area contributed by atoms with Crippen LogP contribution in [0.2, 0.25) is 0 Å². The number of carbonyl (C=O) groups is 2. The molecule has 0 spiro atoms. The molecule has 0 unspecified atom stereocenters. The van der Waals surface area contributed by atoms with Gasteiger partial charge in [-0.15, -0.1) is 0 Å². The van der Waals surface area contributed by atoms with Gasteiger partial charge in [-0.1, -0.05) is 31.9 Å². The van der Waals surface area contributed by atoms with E-state index in [1.54, 1.807) is 25.1 Å². The Morgan fingerprint density at radius 3 is 2.14 bits per heavy atom. The summed E-state index contributed by atoms with van der Waals surface area (Å²) in [5.74, 6) is -1.25. The van der Waals surface area contributed by atoms with Crippen molar-refractivity contribution in [2.45, 2.75) is 6.92 Å². The molecule has 2 N–H and O–H groups in total. The second kappa shape index (κ2) is 6.41. The van der Waals surface area contributed by atoms with E-state index in [4.69, 9.17) is 5.11 Å². The smallest absolute Gasteiger partial charge is 0.335 e. The number of aromatic carboxylic acids is 1. The van der Waals surface area contributed by atoms with E-state index in [-0.39, 0.29) is 11.5 Å². The molecule has 2 rings (SSSR count). The van der Waals surface area contributed by atoms with E-state index in [9.17, 15) is 9.59 Å². The lowest BCUT2D eigenvalue weighted by atomic mass is 10.1. The molecule has 0 saturated carbocycles. The van der Waals surface area contributed by atoms with Crippen LogP contribution in [0.5, 0.6) is 0 Å².